The molecule has 19 heavy (non-hydrogen) atoms. The van der Waals surface area contributed by atoms with Gasteiger partial charge in [0.15, 0.2) is 0 Å². The fourth-order valence-corrected chi connectivity index (χ4v) is 3.04. The zero-order valence-corrected chi connectivity index (χ0v) is 13.6. The van der Waals surface area contributed by atoms with E-state index in [1.165, 1.54) is 0 Å². The summed E-state index contributed by atoms with van der Waals surface area (Å²) < 4.78 is 28.0. The smallest absolute Gasteiger partial charge is 0.261 e. The molecule has 0 amide bonds. The summed E-state index contributed by atoms with van der Waals surface area (Å²) in [5.74, 6) is 0. The van der Waals surface area contributed by atoms with Crippen LogP contribution in [0.3, 0.4) is 0 Å². The van der Waals surface area contributed by atoms with Gasteiger partial charge in [0.1, 0.15) is 0 Å². The van der Waals surface area contributed by atoms with Crippen molar-refractivity contribution in [1.82, 2.24) is 0 Å². The van der Waals surface area contributed by atoms with Crippen molar-refractivity contribution in [1.29, 1.82) is 0 Å². The summed E-state index contributed by atoms with van der Waals surface area (Å²) in [6, 6.07) is 12.3. The van der Waals surface area contributed by atoms with Crippen molar-refractivity contribution in [3.8, 4) is 0 Å². The van der Waals surface area contributed by atoms with Crippen LogP contribution in [0.5, 0.6) is 0 Å². The number of halogens is 1. The number of anilines is 1. The van der Waals surface area contributed by atoms with E-state index in [9.17, 15) is 8.42 Å². The monoisotopic (exact) mass is 387 g/mol. The van der Waals surface area contributed by atoms with Gasteiger partial charge < -0.3 is 0 Å². The third-order valence-corrected chi connectivity index (χ3v) is 5.00. The van der Waals surface area contributed by atoms with Gasteiger partial charge in [-0.3, -0.25) is 4.72 Å². The molecule has 0 spiro atoms. The highest BCUT2D eigenvalue weighted by atomic mass is 127. The summed E-state index contributed by atoms with van der Waals surface area (Å²) >= 11 is 2.14. The maximum absolute atomic E-state index is 12.2. The van der Waals surface area contributed by atoms with Gasteiger partial charge in [-0.2, -0.15) is 0 Å². The van der Waals surface area contributed by atoms with E-state index in [-0.39, 0.29) is 4.90 Å². The van der Waals surface area contributed by atoms with E-state index in [1.807, 2.05) is 26.0 Å². The maximum atomic E-state index is 12.2. The van der Waals surface area contributed by atoms with Crippen LogP contribution in [0.15, 0.2) is 47.4 Å². The highest BCUT2D eigenvalue weighted by Gasteiger charge is 2.13. The number of hydrogen-bond donors (Lipinski definition) is 1. The van der Waals surface area contributed by atoms with Gasteiger partial charge in [-0.1, -0.05) is 6.07 Å². The molecule has 0 aliphatic carbocycles. The van der Waals surface area contributed by atoms with Crippen LogP contribution in [0.4, 0.5) is 5.69 Å². The lowest BCUT2D eigenvalue weighted by atomic mass is 10.1. The van der Waals surface area contributed by atoms with E-state index in [0.29, 0.717) is 5.69 Å². The Kier molecular flexibility index (Phi) is 4.15. The lowest BCUT2D eigenvalue weighted by molar-refractivity contribution is 0.601. The average Bonchev–Trinajstić information content (AvgIpc) is 2.34. The first-order chi connectivity index (χ1) is 8.88. The second kappa shape index (κ2) is 5.50. The molecule has 0 saturated carbocycles. The van der Waals surface area contributed by atoms with Gasteiger partial charge in [0.25, 0.3) is 10.0 Å². The van der Waals surface area contributed by atoms with Gasteiger partial charge in [0.2, 0.25) is 0 Å². The fraction of sp³-hybridized carbons (Fsp3) is 0.143. The number of sulfonamides is 1. The molecule has 2 aromatic rings. The highest BCUT2D eigenvalue weighted by molar-refractivity contribution is 14.1. The zero-order valence-electron chi connectivity index (χ0n) is 10.6. The molecular weight excluding hydrogens is 373 g/mol. The summed E-state index contributed by atoms with van der Waals surface area (Å²) in [7, 11) is -3.51. The fourth-order valence-electron chi connectivity index (χ4n) is 1.63. The predicted molar refractivity (Wildman–Crippen MR) is 85.9 cm³/mol. The molecule has 2 aromatic carbocycles. The molecular formula is C14H14INO2S. The van der Waals surface area contributed by atoms with E-state index >= 15 is 0 Å². The van der Waals surface area contributed by atoms with Crippen LogP contribution in [-0.2, 0) is 10.0 Å². The lowest BCUT2D eigenvalue weighted by Gasteiger charge is -2.10. The van der Waals surface area contributed by atoms with E-state index in [4.69, 9.17) is 0 Å². The Morgan fingerprint density at radius 2 is 1.58 bits per heavy atom. The Hall–Kier alpha value is -1.08. The van der Waals surface area contributed by atoms with Gasteiger partial charge in [-0.25, -0.2) is 8.42 Å². The molecule has 5 heteroatoms. The van der Waals surface area contributed by atoms with Crippen LogP contribution >= 0.6 is 22.6 Å². The van der Waals surface area contributed by atoms with Gasteiger partial charge >= 0.3 is 0 Å². The Labute approximate surface area is 127 Å². The third kappa shape index (κ3) is 3.48. The average molecular weight is 387 g/mol. The molecule has 0 heterocycles. The molecule has 1 N–H and O–H groups in total. The molecule has 0 atom stereocenters. The predicted octanol–water partition coefficient (Wildman–Crippen LogP) is 3.71. The summed E-state index contributed by atoms with van der Waals surface area (Å²) in [6.07, 6.45) is 0. The number of benzene rings is 2. The van der Waals surface area contributed by atoms with Crippen molar-refractivity contribution >= 4 is 38.3 Å². The summed E-state index contributed by atoms with van der Waals surface area (Å²) in [6.45, 7) is 3.95. The molecule has 0 fully saturated rings. The maximum Gasteiger partial charge on any atom is 0.261 e. The van der Waals surface area contributed by atoms with Crippen molar-refractivity contribution < 1.29 is 8.42 Å². The van der Waals surface area contributed by atoms with E-state index < -0.39 is 10.0 Å². The minimum absolute atomic E-state index is 0.270. The van der Waals surface area contributed by atoms with Crippen LogP contribution in [0.2, 0.25) is 0 Å². The molecule has 3 nitrogen and oxygen atoms in total. The second-order valence-electron chi connectivity index (χ2n) is 4.36. The summed E-state index contributed by atoms with van der Waals surface area (Å²) in [4.78, 5) is 0.270. The van der Waals surface area contributed by atoms with Crippen molar-refractivity contribution in [2.75, 3.05) is 4.72 Å². The van der Waals surface area contributed by atoms with Crippen LogP contribution in [0.1, 0.15) is 11.1 Å². The van der Waals surface area contributed by atoms with Gasteiger partial charge in [0, 0.05) is 9.26 Å². The van der Waals surface area contributed by atoms with Crippen LogP contribution < -0.4 is 4.72 Å². The quantitative estimate of drug-likeness (QED) is 0.817. The van der Waals surface area contributed by atoms with Gasteiger partial charge in [0.05, 0.1) is 4.90 Å². The largest absolute Gasteiger partial charge is 0.280 e. The zero-order chi connectivity index (χ0) is 14.0. The second-order valence-corrected chi connectivity index (χ2v) is 7.29. The summed E-state index contributed by atoms with van der Waals surface area (Å²) in [5.41, 5.74) is 2.78. The molecule has 100 valence electrons. The van der Waals surface area contributed by atoms with E-state index in [1.54, 1.807) is 30.3 Å². The SMILES string of the molecule is Cc1ccc(NS(=O)(=O)c2ccc(I)cc2)cc1C. The molecule has 0 saturated heterocycles. The minimum Gasteiger partial charge on any atom is -0.280 e. The topological polar surface area (TPSA) is 46.2 Å². The normalized spacial score (nSPS) is 11.3. The first-order valence-corrected chi connectivity index (χ1v) is 8.30. The lowest BCUT2D eigenvalue weighted by Crippen LogP contribution is -2.13. The van der Waals surface area contributed by atoms with Crippen LogP contribution in [-0.4, -0.2) is 8.42 Å². The van der Waals surface area contributed by atoms with Gasteiger partial charge in [-0.05, 0) is 84.0 Å². The van der Waals surface area contributed by atoms with Crippen LogP contribution in [0.25, 0.3) is 0 Å². The standard InChI is InChI=1S/C14H14INO2S/c1-10-3-6-13(9-11(10)2)16-19(17,18)14-7-4-12(15)5-8-14/h3-9,16H,1-2H3. The Balaban J connectivity index is 2.30. The molecule has 0 aromatic heterocycles. The number of rotatable bonds is 3. The molecule has 0 unspecified atom stereocenters. The Bertz CT molecular complexity index is 694. The first-order valence-electron chi connectivity index (χ1n) is 5.74. The van der Waals surface area contributed by atoms with E-state index in [0.717, 1.165) is 14.7 Å². The van der Waals surface area contributed by atoms with Crippen molar-refractivity contribution in [3.63, 3.8) is 0 Å². The molecule has 0 bridgehead atoms. The number of aryl methyl sites for hydroxylation is 2. The molecule has 0 aliphatic rings. The molecule has 2 rings (SSSR count). The summed E-state index contributed by atoms with van der Waals surface area (Å²) in [5, 5.41) is 0. The van der Waals surface area contributed by atoms with Crippen molar-refractivity contribution in [2.24, 2.45) is 0 Å². The van der Waals surface area contributed by atoms with Crippen molar-refractivity contribution in [2.45, 2.75) is 18.7 Å². The minimum atomic E-state index is -3.51. The highest BCUT2D eigenvalue weighted by Crippen LogP contribution is 2.19. The Morgan fingerprint density at radius 3 is 2.16 bits per heavy atom. The molecule has 0 radical (unpaired) electrons. The van der Waals surface area contributed by atoms with Crippen molar-refractivity contribution in [3.05, 3.63) is 57.2 Å². The van der Waals surface area contributed by atoms with E-state index in [2.05, 4.69) is 27.3 Å². The first kappa shape index (κ1) is 14.3. The van der Waals surface area contributed by atoms with Crippen LogP contribution in [0, 0.1) is 17.4 Å². The number of nitrogens with one attached hydrogen (secondary N) is 1. The third-order valence-electron chi connectivity index (χ3n) is 2.88. The number of hydrogen-bond acceptors (Lipinski definition) is 2. The molecule has 0 aliphatic heterocycles. The van der Waals surface area contributed by atoms with Gasteiger partial charge in [-0.15, -0.1) is 0 Å². The Morgan fingerprint density at radius 1 is 0.947 bits per heavy atom.